The maximum atomic E-state index is 11.2. The van der Waals surface area contributed by atoms with Crippen molar-refractivity contribution in [1.82, 2.24) is 20.4 Å². The van der Waals surface area contributed by atoms with Crippen LogP contribution in [0.3, 0.4) is 0 Å². The summed E-state index contributed by atoms with van der Waals surface area (Å²) in [5.74, 6) is 0.894. The molecule has 2 aromatic heterocycles. The maximum Gasteiger partial charge on any atom is 0.270 e. The number of aromatic amines is 1. The Morgan fingerprint density at radius 3 is 2.67 bits per heavy atom. The van der Waals surface area contributed by atoms with Crippen LogP contribution in [0.4, 0.5) is 11.5 Å². The fourth-order valence-electron chi connectivity index (χ4n) is 2.96. The molecule has 0 aliphatic heterocycles. The summed E-state index contributed by atoms with van der Waals surface area (Å²) in [6.45, 7) is 0. The van der Waals surface area contributed by atoms with Gasteiger partial charge in [-0.25, -0.2) is 0 Å². The zero-order valence-corrected chi connectivity index (χ0v) is 14.2. The summed E-state index contributed by atoms with van der Waals surface area (Å²) < 4.78 is 5.29. The van der Waals surface area contributed by atoms with Crippen LogP contribution >= 0.6 is 0 Å². The van der Waals surface area contributed by atoms with Gasteiger partial charge >= 0.3 is 0 Å². The minimum Gasteiger partial charge on any atom is -0.497 e. The predicted molar refractivity (Wildman–Crippen MR) is 100 cm³/mol. The lowest BCUT2D eigenvalue weighted by atomic mass is 9.96. The number of rotatable bonds is 4. The first-order valence-electron chi connectivity index (χ1n) is 7.98. The number of hydrogen-bond acceptors (Lipinski definition) is 7. The number of nitrogen functional groups attached to an aromatic ring is 1. The summed E-state index contributed by atoms with van der Waals surface area (Å²) in [6.07, 6.45) is 0. The van der Waals surface area contributed by atoms with E-state index in [4.69, 9.17) is 10.5 Å². The Morgan fingerprint density at radius 2 is 1.89 bits per heavy atom. The fraction of sp³-hybridized carbons (Fsp3) is 0.0556. The molecule has 0 saturated carbocycles. The average molecular weight is 362 g/mol. The van der Waals surface area contributed by atoms with E-state index in [-0.39, 0.29) is 11.5 Å². The topological polar surface area (TPSA) is 133 Å². The van der Waals surface area contributed by atoms with Gasteiger partial charge in [0, 0.05) is 23.3 Å². The van der Waals surface area contributed by atoms with Crippen molar-refractivity contribution in [2.24, 2.45) is 0 Å². The molecule has 4 aromatic rings. The Morgan fingerprint density at radius 1 is 1.11 bits per heavy atom. The molecule has 0 spiro atoms. The van der Waals surface area contributed by atoms with Crippen molar-refractivity contribution in [2.75, 3.05) is 12.8 Å². The van der Waals surface area contributed by atoms with Crippen LogP contribution in [-0.4, -0.2) is 32.4 Å². The summed E-state index contributed by atoms with van der Waals surface area (Å²) in [5.41, 5.74) is 8.89. The molecule has 2 heterocycles. The summed E-state index contributed by atoms with van der Waals surface area (Å²) >= 11 is 0. The van der Waals surface area contributed by atoms with E-state index in [9.17, 15) is 10.1 Å². The summed E-state index contributed by atoms with van der Waals surface area (Å²) in [4.78, 5) is 10.8. The van der Waals surface area contributed by atoms with E-state index in [1.807, 2.05) is 24.3 Å². The monoisotopic (exact) mass is 362 g/mol. The second-order valence-electron chi connectivity index (χ2n) is 5.80. The van der Waals surface area contributed by atoms with Crippen molar-refractivity contribution in [2.45, 2.75) is 0 Å². The first-order chi connectivity index (χ1) is 13.1. The molecule has 4 rings (SSSR count). The molecule has 0 amide bonds. The number of ether oxygens (including phenoxy) is 1. The largest absolute Gasteiger partial charge is 0.497 e. The fourth-order valence-corrected chi connectivity index (χ4v) is 2.96. The Balaban J connectivity index is 2.06. The number of nitrogens with one attached hydrogen (secondary N) is 1. The number of nitrogens with two attached hydrogens (primary N) is 1. The number of nitro benzene ring substituents is 1. The molecule has 0 aliphatic carbocycles. The minimum absolute atomic E-state index is 0.0314. The number of aromatic nitrogens is 4. The molecule has 3 N–H and O–H groups in total. The Labute approximate surface area is 153 Å². The molecular weight excluding hydrogens is 348 g/mol. The quantitative estimate of drug-likeness (QED) is 0.421. The van der Waals surface area contributed by atoms with Gasteiger partial charge in [-0.3, -0.25) is 15.2 Å². The smallest absolute Gasteiger partial charge is 0.270 e. The second-order valence-corrected chi connectivity index (χ2v) is 5.80. The number of nitrogens with zero attached hydrogens (tertiary/aromatic N) is 4. The first-order valence-corrected chi connectivity index (χ1v) is 7.98. The van der Waals surface area contributed by atoms with Crippen molar-refractivity contribution in [3.63, 3.8) is 0 Å². The zero-order chi connectivity index (χ0) is 19.0. The van der Waals surface area contributed by atoms with E-state index in [2.05, 4.69) is 20.4 Å². The van der Waals surface area contributed by atoms with Crippen molar-refractivity contribution in [3.05, 3.63) is 58.6 Å². The maximum absolute atomic E-state index is 11.2. The third-order valence-corrected chi connectivity index (χ3v) is 4.20. The van der Waals surface area contributed by atoms with Gasteiger partial charge in [0.05, 0.1) is 17.4 Å². The second kappa shape index (κ2) is 6.37. The lowest BCUT2D eigenvalue weighted by Crippen LogP contribution is -1.97. The van der Waals surface area contributed by atoms with Gasteiger partial charge < -0.3 is 10.5 Å². The Hall–Kier alpha value is -4.01. The number of anilines is 1. The zero-order valence-electron chi connectivity index (χ0n) is 14.2. The van der Waals surface area contributed by atoms with E-state index in [1.54, 1.807) is 19.2 Å². The van der Waals surface area contributed by atoms with Crippen LogP contribution in [0.5, 0.6) is 5.75 Å². The Bertz CT molecular complexity index is 1170. The third-order valence-electron chi connectivity index (χ3n) is 4.20. The molecule has 0 atom stereocenters. The van der Waals surface area contributed by atoms with Crippen LogP contribution in [0, 0.1) is 10.1 Å². The van der Waals surface area contributed by atoms with E-state index < -0.39 is 4.92 Å². The van der Waals surface area contributed by atoms with Crippen molar-refractivity contribution >= 4 is 22.5 Å². The summed E-state index contributed by atoms with van der Waals surface area (Å²) in [7, 11) is 1.57. The normalized spacial score (nSPS) is 10.9. The number of hydrogen-bond donors (Lipinski definition) is 2. The first kappa shape index (κ1) is 16.5. The standard InChI is InChI=1S/C18H14N6O3/c1-27-13-7-3-5-11(9-13)16-14(10-4-2-6-12(8-10)24(25)26)15-17(19)21-23-18(15)22-20-16/h2-9H,1H3,(H3,19,21,22,23). The lowest BCUT2D eigenvalue weighted by Gasteiger charge is -2.11. The highest BCUT2D eigenvalue weighted by atomic mass is 16.6. The van der Waals surface area contributed by atoms with Crippen LogP contribution in [0.1, 0.15) is 0 Å². The minimum atomic E-state index is -0.445. The third kappa shape index (κ3) is 2.80. The molecule has 9 nitrogen and oxygen atoms in total. The molecule has 9 heteroatoms. The SMILES string of the molecule is COc1cccc(-c2nnc3[nH]nc(N)c3c2-c2cccc([N+](=O)[O-])c2)c1. The molecule has 0 bridgehead atoms. The van der Waals surface area contributed by atoms with E-state index >= 15 is 0 Å². The summed E-state index contributed by atoms with van der Waals surface area (Å²) in [5, 5.41) is 27.0. The van der Waals surface area contributed by atoms with E-state index in [0.717, 1.165) is 5.56 Å². The van der Waals surface area contributed by atoms with Crippen molar-refractivity contribution < 1.29 is 9.66 Å². The van der Waals surface area contributed by atoms with Crippen LogP contribution in [-0.2, 0) is 0 Å². The molecule has 0 unspecified atom stereocenters. The molecule has 134 valence electrons. The average Bonchev–Trinajstić information content (AvgIpc) is 3.08. The molecular formula is C18H14N6O3. The predicted octanol–water partition coefficient (Wildman–Crippen LogP) is 3.19. The molecule has 27 heavy (non-hydrogen) atoms. The van der Waals surface area contributed by atoms with Gasteiger partial charge in [0.2, 0.25) is 0 Å². The van der Waals surface area contributed by atoms with E-state index in [0.29, 0.717) is 33.6 Å². The lowest BCUT2D eigenvalue weighted by molar-refractivity contribution is -0.384. The van der Waals surface area contributed by atoms with Crippen molar-refractivity contribution in [3.8, 4) is 28.1 Å². The van der Waals surface area contributed by atoms with Gasteiger partial charge in [0.25, 0.3) is 5.69 Å². The van der Waals surface area contributed by atoms with Gasteiger partial charge in [0.1, 0.15) is 11.4 Å². The molecule has 0 fully saturated rings. The summed E-state index contributed by atoms with van der Waals surface area (Å²) in [6, 6.07) is 13.6. The van der Waals surface area contributed by atoms with Crippen LogP contribution in [0.25, 0.3) is 33.4 Å². The molecule has 0 saturated heterocycles. The van der Waals surface area contributed by atoms with Gasteiger partial charge in [-0.1, -0.05) is 24.3 Å². The van der Waals surface area contributed by atoms with Gasteiger partial charge in [-0.05, 0) is 17.7 Å². The Kier molecular flexibility index (Phi) is 3.88. The molecule has 0 aliphatic rings. The molecule has 2 aromatic carbocycles. The number of benzene rings is 2. The van der Waals surface area contributed by atoms with Crippen LogP contribution < -0.4 is 10.5 Å². The van der Waals surface area contributed by atoms with Crippen LogP contribution in [0.2, 0.25) is 0 Å². The van der Waals surface area contributed by atoms with E-state index in [1.165, 1.54) is 12.1 Å². The van der Waals surface area contributed by atoms with Crippen LogP contribution in [0.15, 0.2) is 48.5 Å². The number of methoxy groups -OCH3 is 1. The van der Waals surface area contributed by atoms with Gasteiger partial charge in [-0.15, -0.1) is 10.2 Å². The highest BCUT2D eigenvalue weighted by molar-refractivity contribution is 6.05. The number of H-pyrrole nitrogens is 1. The number of fused-ring (bicyclic) bond motifs is 1. The van der Waals surface area contributed by atoms with Gasteiger partial charge in [0.15, 0.2) is 11.5 Å². The number of non-ortho nitro benzene ring substituents is 1. The van der Waals surface area contributed by atoms with Gasteiger partial charge in [-0.2, -0.15) is 5.10 Å². The highest BCUT2D eigenvalue weighted by Crippen LogP contribution is 2.39. The van der Waals surface area contributed by atoms with Crippen molar-refractivity contribution in [1.29, 1.82) is 0 Å². The molecule has 0 radical (unpaired) electrons. The number of nitro groups is 1. The highest BCUT2D eigenvalue weighted by Gasteiger charge is 2.20.